The Kier molecular flexibility index (Phi) is 4.25. The molecule has 2 rings (SSSR count). The first kappa shape index (κ1) is 14.1. The van der Waals surface area contributed by atoms with Crippen molar-refractivity contribution in [3.63, 3.8) is 0 Å². The predicted molar refractivity (Wildman–Crippen MR) is 71.6 cm³/mol. The smallest absolute Gasteiger partial charge is 0.0629 e. The maximum absolute atomic E-state index is 11.0. The Morgan fingerprint density at radius 1 is 1.42 bits per heavy atom. The highest BCUT2D eigenvalue weighted by molar-refractivity contribution is 5.65. The van der Waals surface area contributed by atoms with Crippen molar-refractivity contribution in [1.82, 2.24) is 0 Å². The van der Waals surface area contributed by atoms with Crippen LogP contribution in [0.5, 0.6) is 0 Å². The van der Waals surface area contributed by atoms with Gasteiger partial charge < -0.3 is 14.6 Å². The number of carbonyl (C=O) groups is 1. The van der Waals surface area contributed by atoms with Crippen molar-refractivity contribution in [2.45, 2.75) is 44.6 Å². The summed E-state index contributed by atoms with van der Waals surface area (Å²) in [4.78, 5) is 11.0. The summed E-state index contributed by atoms with van der Waals surface area (Å²) in [6.45, 7) is 4.84. The van der Waals surface area contributed by atoms with E-state index in [-0.39, 0.29) is 17.9 Å². The molecule has 1 aliphatic heterocycles. The van der Waals surface area contributed by atoms with Crippen LogP contribution in [0.15, 0.2) is 30.3 Å². The minimum absolute atomic E-state index is 0.0226. The minimum Gasteiger partial charge on any atom is -0.550 e. The van der Waals surface area contributed by atoms with E-state index in [0.717, 1.165) is 18.4 Å². The third-order valence-corrected chi connectivity index (χ3v) is 3.92. The molecule has 1 aliphatic rings. The molecule has 3 nitrogen and oxygen atoms in total. The van der Waals surface area contributed by atoms with Gasteiger partial charge in [-0.05, 0) is 50.5 Å². The largest absolute Gasteiger partial charge is 0.550 e. The highest BCUT2D eigenvalue weighted by Gasteiger charge is 2.34. The Balaban J connectivity index is 2.20. The quantitative estimate of drug-likeness (QED) is 0.834. The zero-order chi connectivity index (χ0) is 13.9. The van der Waals surface area contributed by atoms with Gasteiger partial charge in [-0.1, -0.05) is 30.3 Å². The number of rotatable bonds is 4. The second kappa shape index (κ2) is 5.74. The second-order valence-corrected chi connectivity index (χ2v) is 5.95. The summed E-state index contributed by atoms with van der Waals surface area (Å²) in [5.74, 6) is -0.614. The fourth-order valence-corrected chi connectivity index (χ4v) is 3.06. The van der Waals surface area contributed by atoms with Gasteiger partial charge in [0.15, 0.2) is 0 Å². The normalized spacial score (nSPS) is 23.8. The lowest BCUT2D eigenvalue weighted by atomic mass is 9.75. The SMILES string of the molecule is CC1(C)C[C@H]([C@H](CC(=O)[O-])c2ccccc2)CCO1. The van der Waals surface area contributed by atoms with Gasteiger partial charge >= 0.3 is 0 Å². The van der Waals surface area contributed by atoms with E-state index in [2.05, 4.69) is 13.8 Å². The van der Waals surface area contributed by atoms with E-state index in [1.165, 1.54) is 0 Å². The molecule has 1 saturated heterocycles. The Labute approximate surface area is 114 Å². The third-order valence-electron chi connectivity index (χ3n) is 3.92. The molecule has 0 spiro atoms. The van der Waals surface area contributed by atoms with Crippen LogP contribution in [-0.2, 0) is 9.53 Å². The van der Waals surface area contributed by atoms with Gasteiger partial charge in [-0.3, -0.25) is 0 Å². The van der Waals surface area contributed by atoms with Crippen LogP contribution in [0.25, 0.3) is 0 Å². The van der Waals surface area contributed by atoms with E-state index in [1.54, 1.807) is 0 Å². The third kappa shape index (κ3) is 3.80. The molecular formula is C16H21O3-. The molecule has 3 heteroatoms. The van der Waals surface area contributed by atoms with E-state index in [4.69, 9.17) is 4.74 Å². The number of carboxylic acids is 1. The zero-order valence-electron chi connectivity index (χ0n) is 11.6. The van der Waals surface area contributed by atoms with Crippen LogP contribution in [-0.4, -0.2) is 18.2 Å². The number of ether oxygens (including phenoxy) is 1. The van der Waals surface area contributed by atoms with E-state index < -0.39 is 5.97 Å². The van der Waals surface area contributed by atoms with Gasteiger partial charge in [0.1, 0.15) is 0 Å². The van der Waals surface area contributed by atoms with Crippen molar-refractivity contribution in [2.24, 2.45) is 5.92 Å². The summed E-state index contributed by atoms with van der Waals surface area (Å²) >= 11 is 0. The average Bonchev–Trinajstić information content (AvgIpc) is 2.35. The maximum atomic E-state index is 11.0. The molecule has 104 valence electrons. The van der Waals surface area contributed by atoms with Crippen molar-refractivity contribution >= 4 is 5.97 Å². The standard InChI is InChI=1S/C16H22O3/c1-16(2)11-13(8-9-19-16)14(10-15(17)18)12-6-4-3-5-7-12/h3-7,13-14H,8-11H2,1-2H3,(H,17,18)/p-1/t13-,14-/m1/s1. The van der Waals surface area contributed by atoms with Gasteiger partial charge in [-0.25, -0.2) is 0 Å². The number of benzene rings is 1. The molecule has 0 saturated carbocycles. The van der Waals surface area contributed by atoms with Gasteiger partial charge in [0.05, 0.1) is 5.60 Å². The first-order chi connectivity index (χ1) is 8.98. The fraction of sp³-hybridized carbons (Fsp3) is 0.562. The number of hydrogen-bond donors (Lipinski definition) is 0. The summed E-state index contributed by atoms with van der Waals surface area (Å²) in [6, 6.07) is 9.89. The molecule has 2 atom stereocenters. The molecule has 0 N–H and O–H groups in total. The molecular weight excluding hydrogens is 240 g/mol. The van der Waals surface area contributed by atoms with Crippen molar-refractivity contribution in [1.29, 1.82) is 0 Å². The molecule has 0 amide bonds. The lowest BCUT2D eigenvalue weighted by Gasteiger charge is -2.39. The number of carbonyl (C=O) groups excluding carboxylic acids is 1. The van der Waals surface area contributed by atoms with E-state index in [0.29, 0.717) is 12.5 Å². The summed E-state index contributed by atoms with van der Waals surface area (Å²) in [7, 11) is 0. The second-order valence-electron chi connectivity index (χ2n) is 5.95. The summed E-state index contributed by atoms with van der Waals surface area (Å²) in [5, 5.41) is 11.0. The lowest BCUT2D eigenvalue weighted by molar-refractivity contribution is -0.306. The van der Waals surface area contributed by atoms with Gasteiger partial charge in [-0.15, -0.1) is 0 Å². The maximum Gasteiger partial charge on any atom is 0.0629 e. The average molecular weight is 261 g/mol. The Morgan fingerprint density at radius 2 is 2.11 bits per heavy atom. The van der Waals surface area contributed by atoms with Crippen molar-refractivity contribution < 1.29 is 14.6 Å². The molecule has 0 bridgehead atoms. The van der Waals surface area contributed by atoms with Crippen LogP contribution >= 0.6 is 0 Å². The van der Waals surface area contributed by atoms with E-state index in [1.807, 2.05) is 30.3 Å². The Hall–Kier alpha value is -1.35. The summed E-state index contributed by atoms with van der Waals surface area (Å²) < 4.78 is 5.72. The van der Waals surface area contributed by atoms with Crippen LogP contribution in [0.1, 0.15) is 44.6 Å². The van der Waals surface area contributed by atoms with Gasteiger partial charge in [-0.2, -0.15) is 0 Å². The number of carboxylic acid groups (broad SMARTS) is 1. The van der Waals surface area contributed by atoms with Crippen molar-refractivity contribution in [3.05, 3.63) is 35.9 Å². The highest BCUT2D eigenvalue weighted by Crippen LogP contribution is 2.39. The molecule has 0 unspecified atom stereocenters. The van der Waals surface area contributed by atoms with Crippen molar-refractivity contribution in [3.8, 4) is 0 Å². The zero-order valence-corrected chi connectivity index (χ0v) is 11.6. The van der Waals surface area contributed by atoms with Gasteiger partial charge in [0, 0.05) is 12.6 Å². The van der Waals surface area contributed by atoms with Crippen LogP contribution in [0.2, 0.25) is 0 Å². The van der Waals surface area contributed by atoms with Crippen LogP contribution < -0.4 is 5.11 Å². The van der Waals surface area contributed by atoms with E-state index in [9.17, 15) is 9.90 Å². The monoisotopic (exact) mass is 261 g/mol. The van der Waals surface area contributed by atoms with Crippen LogP contribution in [0.3, 0.4) is 0 Å². The first-order valence-electron chi connectivity index (χ1n) is 6.87. The molecule has 1 heterocycles. The number of aliphatic carboxylic acids is 1. The van der Waals surface area contributed by atoms with E-state index >= 15 is 0 Å². The first-order valence-corrected chi connectivity index (χ1v) is 6.87. The Morgan fingerprint density at radius 3 is 2.68 bits per heavy atom. The van der Waals surface area contributed by atoms with Crippen molar-refractivity contribution in [2.75, 3.05) is 6.61 Å². The van der Waals surface area contributed by atoms with Crippen LogP contribution in [0.4, 0.5) is 0 Å². The topological polar surface area (TPSA) is 49.4 Å². The molecule has 1 aromatic carbocycles. The summed E-state index contributed by atoms with van der Waals surface area (Å²) in [5.41, 5.74) is 0.927. The van der Waals surface area contributed by atoms with Gasteiger partial charge in [0.25, 0.3) is 0 Å². The fourth-order valence-electron chi connectivity index (χ4n) is 3.06. The minimum atomic E-state index is -0.974. The molecule has 0 aliphatic carbocycles. The van der Waals surface area contributed by atoms with Gasteiger partial charge in [0.2, 0.25) is 0 Å². The lowest BCUT2D eigenvalue weighted by Crippen LogP contribution is -2.37. The molecule has 19 heavy (non-hydrogen) atoms. The Bertz CT molecular complexity index is 425. The highest BCUT2D eigenvalue weighted by atomic mass is 16.5. The summed E-state index contributed by atoms with van der Waals surface area (Å²) in [6.07, 6.45) is 1.89. The predicted octanol–water partition coefficient (Wildman–Crippen LogP) is 2.12. The molecule has 1 aromatic rings. The molecule has 1 fully saturated rings. The molecule has 0 aromatic heterocycles. The molecule has 0 radical (unpaired) electrons. The van der Waals surface area contributed by atoms with Crippen LogP contribution in [0, 0.1) is 5.92 Å². The number of hydrogen-bond acceptors (Lipinski definition) is 3.